The molecule has 1 saturated heterocycles. The number of halogens is 4. The van der Waals surface area contributed by atoms with Crippen LogP contribution in [0.2, 0.25) is 5.02 Å². The Bertz CT molecular complexity index is 1310. The Morgan fingerprint density at radius 3 is 2.79 bits per heavy atom. The Kier molecular flexibility index (Phi) is 5.90. The Morgan fingerprint density at radius 1 is 1.32 bits per heavy atom. The predicted molar refractivity (Wildman–Crippen MR) is 120 cm³/mol. The summed E-state index contributed by atoms with van der Waals surface area (Å²) in [5.74, 6) is -0.897. The number of aromatic nitrogens is 3. The lowest BCUT2D eigenvalue weighted by atomic mass is 9.91. The van der Waals surface area contributed by atoms with Gasteiger partial charge in [-0.2, -0.15) is 13.9 Å². The molecule has 7 nitrogen and oxygen atoms in total. The molecule has 0 radical (unpaired) electrons. The van der Waals surface area contributed by atoms with E-state index in [2.05, 4.69) is 10.1 Å². The molecule has 2 aromatic heterocycles. The van der Waals surface area contributed by atoms with Gasteiger partial charge in [0.1, 0.15) is 11.9 Å². The van der Waals surface area contributed by atoms with Gasteiger partial charge in [-0.25, -0.2) is 14.1 Å². The van der Waals surface area contributed by atoms with Gasteiger partial charge in [0.2, 0.25) is 0 Å². The van der Waals surface area contributed by atoms with Crippen molar-refractivity contribution in [1.29, 1.82) is 0 Å². The number of methoxy groups -OCH3 is 1. The molecule has 0 aliphatic carbocycles. The van der Waals surface area contributed by atoms with E-state index < -0.39 is 30.3 Å². The maximum atomic E-state index is 13.8. The Hall–Kier alpha value is -3.18. The molecule has 12 heteroatoms. The van der Waals surface area contributed by atoms with Gasteiger partial charge >= 0.3 is 12.5 Å². The molecule has 1 aromatic carbocycles. The molecule has 0 unspecified atom stereocenters. The number of carbonyl (C=O) groups excluding carboxylic acids is 1. The molecule has 3 aromatic rings. The minimum absolute atomic E-state index is 0.134. The van der Waals surface area contributed by atoms with Crippen molar-refractivity contribution in [2.24, 2.45) is 10.9 Å². The van der Waals surface area contributed by atoms with Crippen molar-refractivity contribution in [3.63, 3.8) is 0 Å². The lowest BCUT2D eigenvalue weighted by Crippen LogP contribution is -2.34. The van der Waals surface area contributed by atoms with Crippen LogP contribution in [-0.2, 0) is 9.53 Å². The molecule has 2 aliphatic heterocycles. The summed E-state index contributed by atoms with van der Waals surface area (Å²) >= 11 is 7.78. The highest BCUT2D eigenvalue weighted by Gasteiger charge is 2.43. The summed E-state index contributed by atoms with van der Waals surface area (Å²) in [5, 5.41) is 6.61. The molecule has 2 aliphatic rings. The second kappa shape index (κ2) is 8.88. The highest BCUT2D eigenvalue weighted by atomic mass is 35.5. The van der Waals surface area contributed by atoms with Crippen molar-refractivity contribution < 1.29 is 22.7 Å². The standard InChI is InChI=1S/C22H17ClF3N5O2S/c1-33-21(32)11-8-16-17(15-4-6-31(29-15)22(25)26)18(13-3-2-12(24)9-14(13)23)28-19(30(16)10-11)20-27-5-7-34-20/h2-7,9,11,18,22H,8,10H2,1H3/t11-,18-/m0/s1. The van der Waals surface area contributed by atoms with Gasteiger partial charge in [-0.3, -0.25) is 9.79 Å². The summed E-state index contributed by atoms with van der Waals surface area (Å²) in [7, 11) is 1.32. The second-order valence-electron chi connectivity index (χ2n) is 7.71. The number of amidine groups is 1. The molecule has 4 heterocycles. The normalized spacial score (nSPS) is 20.1. The zero-order chi connectivity index (χ0) is 24.0. The van der Waals surface area contributed by atoms with Crippen LogP contribution < -0.4 is 0 Å². The number of carbonyl (C=O) groups is 1. The first kappa shape index (κ1) is 22.6. The van der Waals surface area contributed by atoms with E-state index in [1.54, 1.807) is 11.6 Å². The maximum absolute atomic E-state index is 13.8. The van der Waals surface area contributed by atoms with Crippen LogP contribution in [0.15, 0.2) is 52.7 Å². The molecule has 0 saturated carbocycles. The molecule has 1 fully saturated rings. The van der Waals surface area contributed by atoms with Gasteiger partial charge < -0.3 is 9.64 Å². The van der Waals surface area contributed by atoms with Crippen molar-refractivity contribution in [2.75, 3.05) is 13.7 Å². The first-order valence-corrected chi connectivity index (χ1v) is 11.5. The van der Waals surface area contributed by atoms with E-state index in [9.17, 15) is 18.0 Å². The van der Waals surface area contributed by atoms with Gasteiger partial charge in [-0.15, -0.1) is 11.3 Å². The van der Waals surface area contributed by atoms with E-state index in [1.807, 2.05) is 4.90 Å². The van der Waals surface area contributed by atoms with Gasteiger partial charge in [0.15, 0.2) is 10.8 Å². The number of esters is 1. The quantitative estimate of drug-likeness (QED) is 0.458. The van der Waals surface area contributed by atoms with E-state index in [1.165, 1.54) is 48.9 Å². The second-order valence-corrected chi connectivity index (χ2v) is 9.01. The van der Waals surface area contributed by atoms with Gasteiger partial charge in [-0.05, 0) is 18.2 Å². The summed E-state index contributed by atoms with van der Waals surface area (Å²) in [4.78, 5) is 23.5. The number of benzene rings is 1. The molecule has 0 spiro atoms. The molecule has 0 amide bonds. The number of nitrogens with zero attached hydrogens (tertiary/aromatic N) is 5. The fourth-order valence-electron chi connectivity index (χ4n) is 4.28. The van der Waals surface area contributed by atoms with Gasteiger partial charge in [0.05, 0.1) is 18.7 Å². The number of alkyl halides is 2. The third-order valence-corrected chi connectivity index (χ3v) is 6.86. The summed E-state index contributed by atoms with van der Waals surface area (Å²) in [6.07, 6.45) is 3.09. The number of rotatable bonds is 5. The van der Waals surface area contributed by atoms with E-state index in [-0.39, 0.29) is 23.7 Å². The molecule has 5 rings (SSSR count). The lowest BCUT2D eigenvalue weighted by Gasteiger charge is -2.32. The average Bonchev–Trinajstić information content (AvgIpc) is 3.58. The van der Waals surface area contributed by atoms with E-state index >= 15 is 0 Å². The van der Waals surface area contributed by atoms with E-state index in [4.69, 9.17) is 21.3 Å². The Labute approximate surface area is 201 Å². The summed E-state index contributed by atoms with van der Waals surface area (Å²) in [6.45, 7) is -2.55. The average molecular weight is 508 g/mol. The first-order valence-electron chi connectivity index (χ1n) is 10.2. The van der Waals surface area contributed by atoms with Crippen LogP contribution in [-0.4, -0.2) is 45.1 Å². The van der Waals surface area contributed by atoms with Crippen molar-refractivity contribution in [2.45, 2.75) is 19.0 Å². The van der Waals surface area contributed by atoms with Crippen LogP contribution in [0, 0.1) is 11.7 Å². The summed E-state index contributed by atoms with van der Waals surface area (Å²) < 4.78 is 46.0. The van der Waals surface area contributed by atoms with Gasteiger partial charge in [0, 0.05) is 52.6 Å². The number of allylic oxidation sites excluding steroid dienone is 1. The van der Waals surface area contributed by atoms with Gasteiger partial charge in [-0.1, -0.05) is 17.7 Å². The fraction of sp³-hybridized carbons (Fsp3) is 0.273. The zero-order valence-electron chi connectivity index (χ0n) is 17.7. The zero-order valence-corrected chi connectivity index (χ0v) is 19.2. The van der Waals surface area contributed by atoms with Crippen molar-refractivity contribution >= 4 is 40.3 Å². The number of hydrogen-bond acceptors (Lipinski definition) is 7. The number of thiazole rings is 1. The van der Waals surface area contributed by atoms with Crippen LogP contribution in [0.3, 0.4) is 0 Å². The Morgan fingerprint density at radius 2 is 2.15 bits per heavy atom. The van der Waals surface area contributed by atoms with Crippen LogP contribution in [0.25, 0.3) is 5.57 Å². The van der Waals surface area contributed by atoms with Gasteiger partial charge in [0.25, 0.3) is 0 Å². The molecular formula is C22H17ClF3N5O2S. The predicted octanol–water partition coefficient (Wildman–Crippen LogP) is 4.93. The number of ether oxygens (including phenoxy) is 1. The van der Waals surface area contributed by atoms with Crippen molar-refractivity contribution in [1.82, 2.24) is 19.7 Å². The third kappa shape index (κ3) is 3.88. The minimum atomic E-state index is -2.83. The van der Waals surface area contributed by atoms with Crippen LogP contribution in [0.5, 0.6) is 0 Å². The minimum Gasteiger partial charge on any atom is -0.469 e. The Balaban J connectivity index is 1.73. The first-order chi connectivity index (χ1) is 16.4. The number of fused-ring (bicyclic) bond motifs is 1. The molecular weight excluding hydrogens is 491 g/mol. The van der Waals surface area contributed by atoms with E-state index in [0.29, 0.717) is 32.4 Å². The molecule has 34 heavy (non-hydrogen) atoms. The van der Waals surface area contributed by atoms with Crippen molar-refractivity contribution in [3.05, 3.63) is 74.8 Å². The number of hydrogen-bond donors (Lipinski definition) is 0. The fourth-order valence-corrected chi connectivity index (χ4v) is 5.19. The number of aliphatic imine (C=N–C) groups is 1. The third-order valence-electron chi connectivity index (χ3n) is 5.76. The molecule has 0 N–H and O–H groups in total. The monoisotopic (exact) mass is 507 g/mol. The van der Waals surface area contributed by atoms with Crippen LogP contribution in [0.1, 0.15) is 35.3 Å². The lowest BCUT2D eigenvalue weighted by molar-refractivity contribution is -0.144. The van der Waals surface area contributed by atoms with Crippen LogP contribution in [0.4, 0.5) is 13.2 Å². The van der Waals surface area contributed by atoms with Crippen molar-refractivity contribution in [3.8, 4) is 0 Å². The highest BCUT2D eigenvalue weighted by Crippen LogP contribution is 2.47. The largest absolute Gasteiger partial charge is 0.469 e. The van der Waals surface area contributed by atoms with Crippen LogP contribution >= 0.6 is 22.9 Å². The SMILES string of the molecule is COC(=O)[C@H]1CC2=C(c3ccn(C(F)F)n3)[C@H](c3ccc(F)cc3Cl)N=C(c3nccs3)N2C1. The molecule has 176 valence electrons. The topological polar surface area (TPSA) is 72.6 Å². The highest BCUT2D eigenvalue weighted by molar-refractivity contribution is 7.11. The van der Waals surface area contributed by atoms with E-state index in [0.717, 1.165) is 0 Å². The smallest absolute Gasteiger partial charge is 0.333 e. The molecule has 0 bridgehead atoms. The summed E-state index contributed by atoms with van der Waals surface area (Å²) in [6, 6.07) is 4.63. The summed E-state index contributed by atoms with van der Waals surface area (Å²) in [5.41, 5.74) is 1.94. The molecule has 2 atom stereocenters. The maximum Gasteiger partial charge on any atom is 0.333 e.